The Labute approximate surface area is 155 Å². The van der Waals surface area contributed by atoms with Gasteiger partial charge in [0.15, 0.2) is 0 Å². The number of amidine groups is 1. The summed E-state index contributed by atoms with van der Waals surface area (Å²) in [5.41, 5.74) is 5.99. The number of esters is 1. The third-order valence-corrected chi connectivity index (χ3v) is 4.49. The van der Waals surface area contributed by atoms with Crippen molar-refractivity contribution in [3.05, 3.63) is 58.6 Å². The third-order valence-electron chi connectivity index (χ3n) is 3.96. The van der Waals surface area contributed by atoms with Gasteiger partial charge in [-0.2, -0.15) is 0 Å². The molecule has 0 amide bonds. The molecule has 1 aliphatic rings. The Kier molecular flexibility index (Phi) is 5.71. The standard InChI is InChI=1S/C19H20BrN3O2/c1-2-25-19(24)18(22-21-16-11-9-15(20)10-12-16)23-13-5-7-14-6-3-4-8-17(14)23/h3-4,6,8-12,21H,2,5,7,13H2,1H3. The van der Waals surface area contributed by atoms with Crippen LogP contribution < -0.4 is 10.3 Å². The highest BCUT2D eigenvalue weighted by molar-refractivity contribution is 9.10. The van der Waals surface area contributed by atoms with Crippen molar-refractivity contribution in [3.8, 4) is 0 Å². The number of ether oxygens (including phenoxy) is 1. The zero-order valence-corrected chi connectivity index (χ0v) is 15.6. The lowest BCUT2D eigenvalue weighted by atomic mass is 10.0. The molecule has 0 bridgehead atoms. The van der Waals surface area contributed by atoms with Crippen LogP contribution in [-0.4, -0.2) is 25.0 Å². The maximum absolute atomic E-state index is 12.5. The first-order valence-electron chi connectivity index (χ1n) is 8.31. The molecule has 0 spiro atoms. The summed E-state index contributed by atoms with van der Waals surface area (Å²) in [5, 5.41) is 4.37. The molecule has 0 aromatic heterocycles. The molecule has 0 unspecified atom stereocenters. The summed E-state index contributed by atoms with van der Waals surface area (Å²) >= 11 is 3.40. The van der Waals surface area contributed by atoms with Gasteiger partial charge in [0, 0.05) is 16.7 Å². The molecule has 0 saturated carbocycles. The Morgan fingerprint density at radius 3 is 2.76 bits per heavy atom. The van der Waals surface area contributed by atoms with Gasteiger partial charge >= 0.3 is 5.97 Å². The van der Waals surface area contributed by atoms with E-state index in [2.05, 4.69) is 32.5 Å². The third kappa shape index (κ3) is 4.20. The van der Waals surface area contributed by atoms with Crippen LogP contribution >= 0.6 is 15.9 Å². The van der Waals surface area contributed by atoms with E-state index in [0.717, 1.165) is 35.2 Å². The molecule has 1 aliphatic heterocycles. The average molecular weight is 402 g/mol. The number of fused-ring (bicyclic) bond motifs is 1. The van der Waals surface area contributed by atoms with Crippen molar-refractivity contribution in [1.82, 2.24) is 0 Å². The minimum Gasteiger partial charge on any atom is -0.460 e. The Balaban J connectivity index is 1.91. The molecule has 2 aromatic rings. The molecular formula is C19H20BrN3O2. The van der Waals surface area contributed by atoms with Crippen LogP contribution in [0.2, 0.25) is 0 Å². The number of rotatable bonds is 3. The van der Waals surface area contributed by atoms with E-state index < -0.39 is 5.97 Å². The molecule has 3 rings (SSSR count). The van der Waals surface area contributed by atoms with Crippen LogP contribution in [0.4, 0.5) is 11.4 Å². The fourth-order valence-electron chi connectivity index (χ4n) is 2.81. The van der Waals surface area contributed by atoms with Crippen molar-refractivity contribution in [2.24, 2.45) is 5.10 Å². The Morgan fingerprint density at radius 1 is 1.24 bits per heavy atom. The number of anilines is 2. The van der Waals surface area contributed by atoms with Crippen LogP contribution in [0.25, 0.3) is 0 Å². The topological polar surface area (TPSA) is 53.9 Å². The van der Waals surface area contributed by atoms with Crippen molar-refractivity contribution in [1.29, 1.82) is 0 Å². The molecule has 1 N–H and O–H groups in total. The molecule has 0 atom stereocenters. The lowest BCUT2D eigenvalue weighted by molar-refractivity contribution is -0.135. The molecule has 0 radical (unpaired) electrons. The van der Waals surface area contributed by atoms with E-state index >= 15 is 0 Å². The van der Waals surface area contributed by atoms with Gasteiger partial charge in [-0.25, -0.2) is 4.79 Å². The number of hydrogen-bond acceptors (Lipinski definition) is 4. The average Bonchev–Trinajstić information content (AvgIpc) is 2.64. The van der Waals surface area contributed by atoms with E-state index in [1.165, 1.54) is 5.56 Å². The summed E-state index contributed by atoms with van der Waals surface area (Å²) in [6.07, 6.45) is 1.97. The summed E-state index contributed by atoms with van der Waals surface area (Å²) in [6.45, 7) is 2.84. The Bertz CT molecular complexity index is 774. The largest absolute Gasteiger partial charge is 0.460 e. The van der Waals surface area contributed by atoms with Gasteiger partial charge in [0.2, 0.25) is 5.84 Å². The van der Waals surface area contributed by atoms with Crippen LogP contribution in [-0.2, 0) is 16.0 Å². The molecule has 0 saturated heterocycles. The molecule has 6 heteroatoms. The van der Waals surface area contributed by atoms with Crippen molar-refractivity contribution >= 4 is 39.1 Å². The second-order valence-corrected chi connectivity index (χ2v) is 6.57. The summed E-state index contributed by atoms with van der Waals surface area (Å²) in [4.78, 5) is 14.4. The van der Waals surface area contributed by atoms with Crippen molar-refractivity contribution < 1.29 is 9.53 Å². The first-order chi connectivity index (χ1) is 12.2. The predicted octanol–water partition coefficient (Wildman–Crippen LogP) is 4.19. The van der Waals surface area contributed by atoms with Crippen LogP contribution in [0.15, 0.2) is 58.1 Å². The number of benzene rings is 2. The number of halogens is 1. The van der Waals surface area contributed by atoms with E-state index in [0.29, 0.717) is 6.61 Å². The fourth-order valence-corrected chi connectivity index (χ4v) is 3.07. The van der Waals surface area contributed by atoms with Crippen molar-refractivity contribution in [3.63, 3.8) is 0 Å². The van der Waals surface area contributed by atoms with Crippen LogP contribution in [0, 0.1) is 0 Å². The second-order valence-electron chi connectivity index (χ2n) is 5.66. The zero-order valence-electron chi connectivity index (χ0n) is 14.0. The fraction of sp³-hybridized carbons (Fsp3) is 0.263. The smallest absolute Gasteiger partial charge is 0.376 e. The highest BCUT2D eigenvalue weighted by Crippen LogP contribution is 2.27. The SMILES string of the molecule is CCOC(=O)C(=NNc1ccc(Br)cc1)N1CCCc2ccccc21. The second kappa shape index (κ2) is 8.16. The monoisotopic (exact) mass is 401 g/mol. The first-order valence-corrected chi connectivity index (χ1v) is 9.10. The highest BCUT2D eigenvalue weighted by Gasteiger charge is 2.26. The van der Waals surface area contributed by atoms with E-state index in [9.17, 15) is 4.79 Å². The minimum absolute atomic E-state index is 0.275. The van der Waals surface area contributed by atoms with Crippen LogP contribution in [0.3, 0.4) is 0 Å². The Morgan fingerprint density at radius 2 is 2.00 bits per heavy atom. The first kappa shape index (κ1) is 17.5. The molecule has 0 fully saturated rings. The molecule has 130 valence electrons. The quantitative estimate of drug-likeness (QED) is 0.362. The minimum atomic E-state index is -0.427. The van der Waals surface area contributed by atoms with Gasteiger partial charge in [-0.3, -0.25) is 5.43 Å². The molecular weight excluding hydrogens is 382 g/mol. The van der Waals surface area contributed by atoms with E-state index in [-0.39, 0.29) is 5.84 Å². The van der Waals surface area contributed by atoms with Gasteiger partial charge in [0.05, 0.1) is 12.3 Å². The van der Waals surface area contributed by atoms with Gasteiger partial charge in [-0.15, -0.1) is 5.10 Å². The lowest BCUT2D eigenvalue weighted by Crippen LogP contribution is -2.41. The number of nitrogens with one attached hydrogen (secondary N) is 1. The maximum atomic E-state index is 12.5. The summed E-state index contributed by atoms with van der Waals surface area (Å²) in [7, 11) is 0. The van der Waals surface area contributed by atoms with Crippen LogP contribution in [0.1, 0.15) is 18.9 Å². The maximum Gasteiger partial charge on any atom is 0.376 e. The molecule has 5 nitrogen and oxygen atoms in total. The lowest BCUT2D eigenvalue weighted by Gasteiger charge is -2.30. The van der Waals surface area contributed by atoms with E-state index in [4.69, 9.17) is 4.74 Å². The van der Waals surface area contributed by atoms with Gasteiger partial charge in [0.25, 0.3) is 0 Å². The normalized spacial score (nSPS) is 14.0. The predicted molar refractivity (Wildman–Crippen MR) is 104 cm³/mol. The summed E-state index contributed by atoms with van der Waals surface area (Å²) in [5.74, 6) is -0.152. The Hall–Kier alpha value is -2.34. The zero-order chi connectivity index (χ0) is 17.6. The van der Waals surface area contributed by atoms with Gasteiger partial charge < -0.3 is 9.64 Å². The highest BCUT2D eigenvalue weighted by atomic mass is 79.9. The van der Waals surface area contributed by atoms with Gasteiger partial charge in [0.1, 0.15) is 0 Å². The van der Waals surface area contributed by atoms with Crippen molar-refractivity contribution in [2.75, 3.05) is 23.5 Å². The van der Waals surface area contributed by atoms with Crippen LogP contribution in [0.5, 0.6) is 0 Å². The number of hydrogen-bond donors (Lipinski definition) is 1. The number of aryl methyl sites for hydroxylation is 1. The summed E-state index contributed by atoms with van der Waals surface area (Å²) < 4.78 is 6.20. The van der Waals surface area contributed by atoms with Crippen molar-refractivity contribution in [2.45, 2.75) is 19.8 Å². The number of nitrogens with zero attached hydrogens (tertiary/aromatic N) is 2. The van der Waals surface area contributed by atoms with Gasteiger partial charge in [-0.1, -0.05) is 34.1 Å². The molecule has 1 heterocycles. The number of carbonyl (C=O) groups is 1. The number of hydrazone groups is 1. The molecule has 25 heavy (non-hydrogen) atoms. The number of carbonyl (C=O) groups excluding carboxylic acids is 1. The van der Waals surface area contributed by atoms with E-state index in [1.807, 2.05) is 47.4 Å². The van der Waals surface area contributed by atoms with E-state index in [1.54, 1.807) is 6.92 Å². The molecule has 0 aliphatic carbocycles. The number of para-hydroxylation sites is 1. The van der Waals surface area contributed by atoms with Gasteiger partial charge in [-0.05, 0) is 55.7 Å². The molecule has 2 aromatic carbocycles. The summed E-state index contributed by atoms with van der Waals surface area (Å²) in [6, 6.07) is 15.7.